The van der Waals surface area contributed by atoms with Crippen LogP contribution in [0.4, 0.5) is 0 Å². The van der Waals surface area contributed by atoms with Gasteiger partial charge in [0.05, 0.1) is 14.2 Å². The van der Waals surface area contributed by atoms with Crippen molar-refractivity contribution in [2.45, 2.75) is 44.8 Å². The Morgan fingerprint density at radius 2 is 2.10 bits per heavy atom. The lowest BCUT2D eigenvalue weighted by Gasteiger charge is -2.24. The van der Waals surface area contributed by atoms with Crippen molar-refractivity contribution in [2.75, 3.05) is 14.2 Å². The van der Waals surface area contributed by atoms with Crippen LogP contribution in [-0.4, -0.2) is 37.1 Å². The van der Waals surface area contributed by atoms with E-state index in [1.54, 1.807) is 14.2 Å². The maximum atomic E-state index is 12.4. The molecule has 0 heterocycles. The molecule has 1 aliphatic rings. The molecule has 1 saturated carbocycles. The molecule has 21 heavy (non-hydrogen) atoms. The van der Waals surface area contributed by atoms with E-state index < -0.39 is 0 Å². The Morgan fingerprint density at radius 3 is 2.62 bits per heavy atom. The van der Waals surface area contributed by atoms with Gasteiger partial charge in [-0.15, -0.1) is 0 Å². The number of rotatable bonds is 7. The normalized spacial score (nSPS) is 15.4. The zero-order chi connectivity index (χ0) is 15.4. The van der Waals surface area contributed by atoms with Crippen molar-refractivity contribution in [2.24, 2.45) is 5.73 Å². The van der Waals surface area contributed by atoms with Crippen molar-refractivity contribution in [3.8, 4) is 11.5 Å². The quantitative estimate of drug-likeness (QED) is 0.834. The Bertz CT molecular complexity index is 498. The van der Waals surface area contributed by atoms with Gasteiger partial charge in [-0.05, 0) is 38.0 Å². The lowest BCUT2D eigenvalue weighted by atomic mass is 10.1. The third kappa shape index (κ3) is 4.11. The molecule has 5 nitrogen and oxygen atoms in total. The zero-order valence-electron chi connectivity index (χ0n) is 13.0. The van der Waals surface area contributed by atoms with Gasteiger partial charge in [0.15, 0.2) is 0 Å². The number of carbonyl (C=O) groups excluding carboxylic acids is 1. The molecule has 0 bridgehead atoms. The number of nitrogens with zero attached hydrogens (tertiary/aromatic N) is 1. The third-order valence-electron chi connectivity index (χ3n) is 3.63. The molecular formula is C16H24N2O3. The minimum Gasteiger partial charge on any atom is -0.497 e. The monoisotopic (exact) mass is 292 g/mol. The van der Waals surface area contributed by atoms with Gasteiger partial charge in [0.25, 0.3) is 0 Å². The standard InChI is InChI=1S/C16H24N2O3/c1-11(17)8-16(19)18(13-4-5-13)10-12-9-14(20-2)6-7-15(12)21-3/h6-7,9,11,13H,4-5,8,10,17H2,1-3H3. The average molecular weight is 292 g/mol. The fraction of sp³-hybridized carbons (Fsp3) is 0.562. The smallest absolute Gasteiger partial charge is 0.224 e. The van der Waals surface area contributed by atoms with Crippen molar-refractivity contribution in [1.29, 1.82) is 0 Å². The predicted molar refractivity (Wildman–Crippen MR) is 81.4 cm³/mol. The van der Waals surface area contributed by atoms with Crippen molar-refractivity contribution in [3.05, 3.63) is 23.8 Å². The van der Waals surface area contributed by atoms with Crippen molar-refractivity contribution in [1.82, 2.24) is 4.90 Å². The number of hydrogen-bond donors (Lipinski definition) is 1. The van der Waals surface area contributed by atoms with Crippen LogP contribution in [0.25, 0.3) is 0 Å². The summed E-state index contributed by atoms with van der Waals surface area (Å²) >= 11 is 0. The highest BCUT2D eigenvalue weighted by Gasteiger charge is 2.33. The molecule has 116 valence electrons. The summed E-state index contributed by atoms with van der Waals surface area (Å²) in [4.78, 5) is 14.3. The van der Waals surface area contributed by atoms with Crippen molar-refractivity contribution >= 4 is 5.91 Å². The number of methoxy groups -OCH3 is 2. The van der Waals surface area contributed by atoms with Crippen molar-refractivity contribution in [3.63, 3.8) is 0 Å². The Kier molecular flexibility index (Phi) is 5.07. The molecule has 0 spiro atoms. The molecule has 1 aliphatic carbocycles. The van der Waals surface area contributed by atoms with Gasteiger partial charge in [-0.2, -0.15) is 0 Å². The summed E-state index contributed by atoms with van der Waals surface area (Å²) in [6.45, 7) is 2.39. The van der Waals surface area contributed by atoms with Gasteiger partial charge in [0.1, 0.15) is 11.5 Å². The van der Waals surface area contributed by atoms with Gasteiger partial charge in [-0.3, -0.25) is 4.79 Å². The molecule has 1 atom stereocenters. The van der Waals surface area contributed by atoms with Crippen LogP contribution in [0.2, 0.25) is 0 Å². The first-order chi connectivity index (χ1) is 10.0. The van der Waals surface area contributed by atoms with E-state index in [1.807, 2.05) is 30.0 Å². The summed E-state index contributed by atoms with van der Waals surface area (Å²) in [5.74, 6) is 1.65. The molecular weight excluding hydrogens is 268 g/mol. The molecule has 1 aromatic rings. The SMILES string of the molecule is COc1ccc(OC)c(CN(C(=O)CC(C)N)C2CC2)c1. The predicted octanol–water partition coefficient (Wildman–Crippen LogP) is 1.93. The van der Waals surface area contributed by atoms with Gasteiger partial charge >= 0.3 is 0 Å². The molecule has 1 unspecified atom stereocenters. The number of carbonyl (C=O) groups is 1. The molecule has 1 amide bonds. The van der Waals surface area contributed by atoms with Gasteiger partial charge in [0.2, 0.25) is 5.91 Å². The Hall–Kier alpha value is -1.75. The topological polar surface area (TPSA) is 64.8 Å². The summed E-state index contributed by atoms with van der Waals surface area (Å²) in [6, 6.07) is 5.87. The van der Waals surface area contributed by atoms with E-state index >= 15 is 0 Å². The van der Waals surface area contributed by atoms with E-state index in [0.29, 0.717) is 19.0 Å². The van der Waals surface area contributed by atoms with Crippen LogP contribution in [0.1, 0.15) is 31.7 Å². The summed E-state index contributed by atoms with van der Waals surface area (Å²) in [7, 11) is 3.27. The highest BCUT2D eigenvalue weighted by atomic mass is 16.5. The zero-order valence-corrected chi connectivity index (χ0v) is 13.0. The second kappa shape index (κ2) is 6.80. The number of nitrogens with two attached hydrogens (primary N) is 1. The van der Waals surface area contributed by atoms with Gasteiger partial charge in [-0.25, -0.2) is 0 Å². The summed E-state index contributed by atoms with van der Waals surface area (Å²) in [6.07, 6.45) is 2.51. The minimum absolute atomic E-state index is 0.109. The van der Waals surface area contributed by atoms with E-state index in [0.717, 1.165) is 29.9 Å². The molecule has 2 rings (SSSR count). The van der Waals surface area contributed by atoms with E-state index in [2.05, 4.69) is 0 Å². The summed E-state index contributed by atoms with van der Waals surface area (Å²) in [5, 5.41) is 0. The van der Waals surface area contributed by atoms with E-state index in [9.17, 15) is 4.79 Å². The van der Waals surface area contributed by atoms with Gasteiger partial charge < -0.3 is 20.1 Å². The summed E-state index contributed by atoms with van der Waals surface area (Å²) in [5.41, 5.74) is 6.71. The fourth-order valence-electron chi connectivity index (χ4n) is 2.39. The van der Waals surface area contributed by atoms with Crippen LogP contribution >= 0.6 is 0 Å². The van der Waals surface area contributed by atoms with Crippen LogP contribution in [0.5, 0.6) is 11.5 Å². The van der Waals surface area contributed by atoms with E-state index in [-0.39, 0.29) is 11.9 Å². The number of hydrogen-bond acceptors (Lipinski definition) is 4. The molecule has 1 aromatic carbocycles. The number of ether oxygens (including phenoxy) is 2. The Balaban J connectivity index is 2.18. The maximum absolute atomic E-state index is 12.4. The molecule has 0 saturated heterocycles. The van der Waals surface area contributed by atoms with Crippen LogP contribution in [0.15, 0.2) is 18.2 Å². The second-order valence-electron chi connectivity index (χ2n) is 5.61. The lowest BCUT2D eigenvalue weighted by Crippen LogP contribution is -2.36. The van der Waals surface area contributed by atoms with Crippen molar-refractivity contribution < 1.29 is 14.3 Å². The van der Waals surface area contributed by atoms with Gasteiger partial charge in [0, 0.05) is 30.6 Å². The lowest BCUT2D eigenvalue weighted by molar-refractivity contribution is -0.132. The van der Waals surface area contributed by atoms with E-state index in [1.165, 1.54) is 0 Å². The largest absolute Gasteiger partial charge is 0.497 e. The Morgan fingerprint density at radius 1 is 1.38 bits per heavy atom. The second-order valence-corrected chi connectivity index (χ2v) is 5.61. The van der Waals surface area contributed by atoms with Crippen LogP contribution < -0.4 is 15.2 Å². The highest BCUT2D eigenvalue weighted by Crippen LogP contribution is 2.32. The molecule has 2 N–H and O–H groups in total. The molecule has 0 aliphatic heterocycles. The molecule has 1 fully saturated rings. The summed E-state index contributed by atoms with van der Waals surface area (Å²) < 4.78 is 10.6. The molecule has 5 heteroatoms. The number of benzene rings is 1. The van der Waals surface area contributed by atoms with E-state index in [4.69, 9.17) is 15.2 Å². The third-order valence-corrected chi connectivity index (χ3v) is 3.63. The van der Waals surface area contributed by atoms with Crippen LogP contribution in [-0.2, 0) is 11.3 Å². The number of amides is 1. The van der Waals surface area contributed by atoms with Gasteiger partial charge in [-0.1, -0.05) is 0 Å². The minimum atomic E-state index is -0.119. The molecule has 0 radical (unpaired) electrons. The Labute approximate surface area is 126 Å². The first-order valence-electron chi connectivity index (χ1n) is 7.31. The molecule has 0 aromatic heterocycles. The first-order valence-corrected chi connectivity index (χ1v) is 7.31. The van der Waals surface area contributed by atoms with Crippen LogP contribution in [0.3, 0.4) is 0 Å². The highest BCUT2D eigenvalue weighted by molar-refractivity contribution is 5.77. The van der Waals surface area contributed by atoms with Crippen LogP contribution in [0, 0.1) is 0 Å². The fourth-order valence-corrected chi connectivity index (χ4v) is 2.39. The average Bonchev–Trinajstić information content (AvgIpc) is 3.28. The maximum Gasteiger partial charge on any atom is 0.224 e. The first kappa shape index (κ1) is 15.6.